The predicted octanol–water partition coefficient (Wildman–Crippen LogP) is 3.09. The maximum atomic E-state index is 13.7. The molecule has 0 radical (unpaired) electrons. The molecule has 0 aliphatic heterocycles. The Labute approximate surface area is 119 Å². The van der Waals surface area contributed by atoms with Crippen LogP contribution in [0.1, 0.15) is 19.2 Å². The molecule has 0 saturated carbocycles. The first-order valence-corrected chi connectivity index (χ1v) is 6.40. The van der Waals surface area contributed by atoms with Gasteiger partial charge in [0.25, 0.3) is 5.69 Å². The molecule has 0 saturated heterocycles. The van der Waals surface area contributed by atoms with Gasteiger partial charge in [-0.15, -0.1) is 0 Å². The highest BCUT2D eigenvalue weighted by molar-refractivity contribution is 5.62. The van der Waals surface area contributed by atoms with Crippen LogP contribution in [0.15, 0.2) is 24.5 Å². The van der Waals surface area contributed by atoms with E-state index < -0.39 is 27.9 Å². The third-order valence-electron chi connectivity index (χ3n) is 2.96. The van der Waals surface area contributed by atoms with E-state index in [4.69, 9.17) is 0 Å². The van der Waals surface area contributed by atoms with E-state index in [9.17, 15) is 18.9 Å². The van der Waals surface area contributed by atoms with Gasteiger partial charge in [0, 0.05) is 25.0 Å². The SMILES string of the molecule is CCCn1ccnc1CNc1c([N+](=O)[O-])ccc(F)c1F. The van der Waals surface area contributed by atoms with Crippen LogP contribution in [0.4, 0.5) is 20.2 Å². The van der Waals surface area contributed by atoms with Crippen LogP contribution in [-0.4, -0.2) is 14.5 Å². The summed E-state index contributed by atoms with van der Waals surface area (Å²) in [6, 6.07) is 1.66. The van der Waals surface area contributed by atoms with Crippen molar-refractivity contribution in [2.24, 2.45) is 0 Å². The molecule has 2 rings (SSSR count). The monoisotopic (exact) mass is 296 g/mol. The summed E-state index contributed by atoms with van der Waals surface area (Å²) >= 11 is 0. The minimum Gasteiger partial charge on any atom is -0.370 e. The fourth-order valence-electron chi connectivity index (χ4n) is 1.98. The lowest BCUT2D eigenvalue weighted by Gasteiger charge is -2.10. The number of benzene rings is 1. The molecule has 0 unspecified atom stereocenters. The first-order chi connectivity index (χ1) is 10.0. The molecule has 6 nitrogen and oxygen atoms in total. The minimum atomic E-state index is -1.27. The molecule has 21 heavy (non-hydrogen) atoms. The summed E-state index contributed by atoms with van der Waals surface area (Å²) in [6.07, 6.45) is 4.23. The summed E-state index contributed by atoms with van der Waals surface area (Å²) in [5, 5.41) is 13.4. The van der Waals surface area contributed by atoms with Crippen molar-refractivity contribution >= 4 is 11.4 Å². The number of hydrogen-bond acceptors (Lipinski definition) is 4. The number of anilines is 1. The van der Waals surface area contributed by atoms with Gasteiger partial charge in [0.15, 0.2) is 17.3 Å². The average Bonchev–Trinajstić information content (AvgIpc) is 2.88. The maximum Gasteiger partial charge on any atom is 0.295 e. The zero-order valence-electron chi connectivity index (χ0n) is 11.3. The van der Waals surface area contributed by atoms with Crippen molar-refractivity contribution in [3.8, 4) is 0 Å². The molecule has 1 heterocycles. The van der Waals surface area contributed by atoms with Crippen LogP contribution in [0, 0.1) is 21.7 Å². The van der Waals surface area contributed by atoms with Crippen LogP contribution >= 0.6 is 0 Å². The normalized spacial score (nSPS) is 10.6. The van der Waals surface area contributed by atoms with E-state index in [0.717, 1.165) is 25.1 Å². The third-order valence-corrected chi connectivity index (χ3v) is 2.96. The average molecular weight is 296 g/mol. The first kappa shape index (κ1) is 14.9. The Balaban J connectivity index is 2.25. The number of aromatic nitrogens is 2. The second kappa shape index (κ2) is 6.29. The van der Waals surface area contributed by atoms with Crippen LogP contribution in [0.25, 0.3) is 0 Å². The van der Waals surface area contributed by atoms with Crippen LogP contribution in [-0.2, 0) is 13.1 Å². The number of hydrogen-bond donors (Lipinski definition) is 1. The van der Waals surface area contributed by atoms with Gasteiger partial charge in [0.05, 0.1) is 11.5 Å². The number of nitro groups is 1. The van der Waals surface area contributed by atoms with Gasteiger partial charge in [0.1, 0.15) is 5.82 Å². The molecule has 0 atom stereocenters. The summed E-state index contributed by atoms with van der Waals surface area (Å²) in [5.74, 6) is -1.81. The topological polar surface area (TPSA) is 73.0 Å². The summed E-state index contributed by atoms with van der Waals surface area (Å²) in [5.41, 5.74) is -0.978. The van der Waals surface area contributed by atoms with E-state index in [1.165, 1.54) is 0 Å². The molecule has 1 aromatic carbocycles. The Kier molecular flexibility index (Phi) is 4.46. The van der Waals surface area contributed by atoms with Gasteiger partial charge in [-0.1, -0.05) is 6.92 Å². The summed E-state index contributed by atoms with van der Waals surface area (Å²) in [6.45, 7) is 2.78. The van der Waals surface area contributed by atoms with Crippen molar-refractivity contribution in [2.45, 2.75) is 26.4 Å². The van der Waals surface area contributed by atoms with Gasteiger partial charge in [-0.05, 0) is 12.5 Å². The van der Waals surface area contributed by atoms with E-state index in [2.05, 4.69) is 10.3 Å². The van der Waals surface area contributed by atoms with Crippen molar-refractivity contribution in [1.29, 1.82) is 0 Å². The Morgan fingerprint density at radius 1 is 1.43 bits per heavy atom. The molecule has 0 spiro atoms. The van der Waals surface area contributed by atoms with Crippen molar-refractivity contribution in [1.82, 2.24) is 9.55 Å². The van der Waals surface area contributed by atoms with Gasteiger partial charge in [-0.2, -0.15) is 0 Å². The fourth-order valence-corrected chi connectivity index (χ4v) is 1.98. The largest absolute Gasteiger partial charge is 0.370 e. The standard InChI is InChI=1S/C13H14F2N4O2/c1-2-6-18-7-5-16-11(18)8-17-13-10(19(20)21)4-3-9(14)12(13)15/h3-5,7,17H,2,6,8H2,1H3. The molecule has 112 valence electrons. The molecule has 0 aliphatic carbocycles. The zero-order valence-corrected chi connectivity index (χ0v) is 11.3. The van der Waals surface area contributed by atoms with Crippen molar-refractivity contribution < 1.29 is 13.7 Å². The van der Waals surface area contributed by atoms with Gasteiger partial charge < -0.3 is 9.88 Å². The molecule has 0 bridgehead atoms. The summed E-state index contributed by atoms with van der Waals surface area (Å²) in [4.78, 5) is 14.2. The lowest BCUT2D eigenvalue weighted by molar-refractivity contribution is -0.384. The van der Waals surface area contributed by atoms with Crippen LogP contribution in [0.5, 0.6) is 0 Å². The Hall–Kier alpha value is -2.51. The Morgan fingerprint density at radius 3 is 2.86 bits per heavy atom. The molecular formula is C13H14F2N4O2. The number of nitrogens with one attached hydrogen (secondary N) is 1. The quantitative estimate of drug-likeness (QED) is 0.656. The number of rotatable bonds is 6. The highest BCUT2D eigenvalue weighted by atomic mass is 19.2. The highest BCUT2D eigenvalue weighted by Crippen LogP contribution is 2.29. The number of nitrogens with zero attached hydrogens (tertiary/aromatic N) is 3. The number of aryl methyl sites for hydroxylation is 1. The van der Waals surface area contributed by atoms with Crippen molar-refractivity contribution in [2.75, 3.05) is 5.32 Å². The lowest BCUT2D eigenvalue weighted by atomic mass is 10.2. The van der Waals surface area contributed by atoms with Gasteiger partial charge in [-0.3, -0.25) is 10.1 Å². The van der Waals surface area contributed by atoms with E-state index in [-0.39, 0.29) is 6.54 Å². The molecule has 0 fully saturated rings. The molecule has 1 aromatic heterocycles. The first-order valence-electron chi connectivity index (χ1n) is 6.40. The van der Waals surface area contributed by atoms with E-state index >= 15 is 0 Å². The smallest absolute Gasteiger partial charge is 0.295 e. The van der Waals surface area contributed by atoms with Gasteiger partial charge in [-0.25, -0.2) is 13.8 Å². The Morgan fingerprint density at radius 2 is 2.19 bits per heavy atom. The highest BCUT2D eigenvalue weighted by Gasteiger charge is 2.21. The predicted molar refractivity (Wildman–Crippen MR) is 72.9 cm³/mol. The van der Waals surface area contributed by atoms with E-state index in [1.54, 1.807) is 12.4 Å². The zero-order chi connectivity index (χ0) is 15.4. The number of halogens is 2. The molecular weight excluding hydrogens is 282 g/mol. The molecule has 8 heteroatoms. The summed E-state index contributed by atoms with van der Waals surface area (Å²) < 4.78 is 28.8. The Bertz CT molecular complexity index is 658. The molecule has 0 amide bonds. The van der Waals surface area contributed by atoms with E-state index in [0.29, 0.717) is 5.82 Å². The van der Waals surface area contributed by atoms with Crippen molar-refractivity contribution in [3.05, 3.63) is 52.1 Å². The van der Waals surface area contributed by atoms with Crippen LogP contribution < -0.4 is 5.32 Å². The van der Waals surface area contributed by atoms with Gasteiger partial charge in [0.2, 0.25) is 0 Å². The maximum absolute atomic E-state index is 13.7. The minimum absolute atomic E-state index is 0.0637. The van der Waals surface area contributed by atoms with Crippen molar-refractivity contribution in [3.63, 3.8) is 0 Å². The third kappa shape index (κ3) is 3.15. The van der Waals surface area contributed by atoms with Gasteiger partial charge >= 0.3 is 0 Å². The second-order valence-corrected chi connectivity index (χ2v) is 4.40. The number of nitro benzene ring substituents is 1. The lowest BCUT2D eigenvalue weighted by Crippen LogP contribution is -2.11. The molecule has 1 N–H and O–H groups in total. The molecule has 2 aromatic rings. The van der Waals surface area contributed by atoms with E-state index in [1.807, 2.05) is 11.5 Å². The second-order valence-electron chi connectivity index (χ2n) is 4.40. The van der Waals surface area contributed by atoms with Crippen LogP contribution in [0.2, 0.25) is 0 Å². The number of imidazole rings is 1. The summed E-state index contributed by atoms with van der Waals surface area (Å²) in [7, 11) is 0. The fraction of sp³-hybridized carbons (Fsp3) is 0.308. The van der Waals surface area contributed by atoms with Crippen LogP contribution in [0.3, 0.4) is 0 Å². The molecule has 0 aliphatic rings.